The van der Waals surface area contributed by atoms with Gasteiger partial charge < -0.3 is 19.7 Å². The number of esters is 1. The van der Waals surface area contributed by atoms with Crippen molar-refractivity contribution in [3.05, 3.63) is 65.7 Å². The molecular formula is C24H26N2O5. The zero-order valence-corrected chi connectivity index (χ0v) is 17.7. The van der Waals surface area contributed by atoms with Crippen molar-refractivity contribution in [2.24, 2.45) is 0 Å². The highest BCUT2D eigenvalue weighted by molar-refractivity contribution is 5.95. The third kappa shape index (κ3) is 6.44. The molecule has 1 fully saturated rings. The molecule has 3 rings (SSSR count). The zero-order valence-electron chi connectivity index (χ0n) is 17.7. The first-order valence-electron chi connectivity index (χ1n) is 10.1. The van der Waals surface area contributed by atoms with Crippen LogP contribution in [0.3, 0.4) is 0 Å². The summed E-state index contributed by atoms with van der Waals surface area (Å²) in [7, 11) is 1.60. The van der Waals surface area contributed by atoms with Gasteiger partial charge in [-0.1, -0.05) is 18.2 Å². The third-order valence-electron chi connectivity index (χ3n) is 4.99. The molecule has 1 aliphatic heterocycles. The Kier molecular flexibility index (Phi) is 7.43. The van der Waals surface area contributed by atoms with Gasteiger partial charge in [0.1, 0.15) is 11.5 Å². The quantitative estimate of drug-likeness (QED) is 0.439. The molecule has 0 radical (unpaired) electrons. The lowest BCUT2D eigenvalue weighted by atomic mass is 10.0. The smallest absolute Gasteiger partial charge is 0.308 e. The molecule has 1 N–H and O–H groups in total. The molecule has 7 heteroatoms. The van der Waals surface area contributed by atoms with Gasteiger partial charge >= 0.3 is 5.97 Å². The van der Waals surface area contributed by atoms with Gasteiger partial charge in [-0.05, 0) is 54.8 Å². The van der Waals surface area contributed by atoms with Crippen molar-refractivity contribution >= 4 is 23.9 Å². The Morgan fingerprint density at radius 1 is 1.03 bits per heavy atom. The summed E-state index contributed by atoms with van der Waals surface area (Å²) in [6.45, 7) is 2.40. The maximum absolute atomic E-state index is 12.8. The average molecular weight is 422 g/mol. The summed E-state index contributed by atoms with van der Waals surface area (Å²) in [5.41, 5.74) is 1.35. The van der Waals surface area contributed by atoms with Gasteiger partial charge in [-0.3, -0.25) is 14.4 Å². The van der Waals surface area contributed by atoms with E-state index >= 15 is 0 Å². The Hall–Kier alpha value is -3.61. The van der Waals surface area contributed by atoms with E-state index in [0.717, 1.165) is 11.3 Å². The van der Waals surface area contributed by atoms with Crippen molar-refractivity contribution in [3.8, 4) is 11.5 Å². The number of likely N-dealkylation sites (tertiary alicyclic amines) is 1. The van der Waals surface area contributed by atoms with Gasteiger partial charge in [0, 0.05) is 37.7 Å². The highest BCUT2D eigenvalue weighted by Gasteiger charge is 2.24. The number of hydrogen-bond acceptors (Lipinski definition) is 5. The number of nitrogens with zero attached hydrogens (tertiary/aromatic N) is 1. The lowest BCUT2D eigenvalue weighted by molar-refractivity contribution is -0.131. The van der Waals surface area contributed by atoms with Crippen LogP contribution in [0.4, 0.5) is 0 Å². The fourth-order valence-electron chi connectivity index (χ4n) is 3.43. The van der Waals surface area contributed by atoms with Gasteiger partial charge in [0.25, 0.3) is 5.91 Å². The maximum Gasteiger partial charge on any atom is 0.308 e. The maximum atomic E-state index is 12.8. The number of rotatable bonds is 6. The van der Waals surface area contributed by atoms with Crippen LogP contribution in [0.25, 0.3) is 6.08 Å². The first-order valence-corrected chi connectivity index (χ1v) is 10.1. The molecule has 2 aromatic carbocycles. The van der Waals surface area contributed by atoms with Crippen LogP contribution in [0.5, 0.6) is 11.5 Å². The molecule has 0 unspecified atom stereocenters. The van der Waals surface area contributed by atoms with E-state index in [9.17, 15) is 14.4 Å². The first-order chi connectivity index (χ1) is 14.9. The van der Waals surface area contributed by atoms with Crippen molar-refractivity contribution < 1.29 is 23.9 Å². The predicted molar refractivity (Wildman–Crippen MR) is 117 cm³/mol. The number of methoxy groups -OCH3 is 1. The summed E-state index contributed by atoms with van der Waals surface area (Å²) >= 11 is 0. The van der Waals surface area contributed by atoms with Crippen molar-refractivity contribution in [2.75, 3.05) is 20.2 Å². The van der Waals surface area contributed by atoms with E-state index < -0.39 is 5.97 Å². The lowest BCUT2D eigenvalue weighted by Gasteiger charge is -2.32. The summed E-state index contributed by atoms with van der Waals surface area (Å²) in [5.74, 6) is 0.376. The molecule has 2 amide bonds. The van der Waals surface area contributed by atoms with Crippen LogP contribution in [0.1, 0.15) is 35.7 Å². The van der Waals surface area contributed by atoms with Crippen molar-refractivity contribution in [3.63, 3.8) is 0 Å². The molecule has 0 saturated carbocycles. The number of piperidine rings is 1. The van der Waals surface area contributed by atoms with E-state index in [1.54, 1.807) is 42.4 Å². The standard InChI is InChI=1S/C24H26N2O5/c1-17(27)31-22-8-4-6-19(16-22)24(29)26-13-11-20(12-14-26)25-23(28)10-9-18-5-3-7-21(15-18)30-2/h3-10,15-16,20H,11-14H2,1-2H3,(H,25,28)/b10-9+. The molecule has 31 heavy (non-hydrogen) atoms. The Balaban J connectivity index is 1.50. The summed E-state index contributed by atoms with van der Waals surface area (Å²) in [4.78, 5) is 37.9. The van der Waals surface area contributed by atoms with Gasteiger partial charge in [-0.2, -0.15) is 0 Å². The lowest BCUT2D eigenvalue weighted by Crippen LogP contribution is -2.46. The minimum Gasteiger partial charge on any atom is -0.497 e. The second kappa shape index (κ2) is 10.4. The SMILES string of the molecule is COc1cccc(/C=C/C(=O)NC2CCN(C(=O)c3cccc(OC(C)=O)c3)CC2)c1. The van der Waals surface area contributed by atoms with Gasteiger partial charge in [0.15, 0.2) is 0 Å². The molecular weight excluding hydrogens is 396 g/mol. The molecule has 2 aromatic rings. The summed E-state index contributed by atoms with van der Waals surface area (Å²) in [6, 6.07) is 14.1. The third-order valence-corrected chi connectivity index (χ3v) is 4.99. The Morgan fingerprint density at radius 3 is 2.45 bits per heavy atom. The van der Waals surface area contributed by atoms with E-state index in [0.29, 0.717) is 37.2 Å². The van der Waals surface area contributed by atoms with Crippen molar-refractivity contribution in [1.29, 1.82) is 0 Å². The van der Waals surface area contributed by atoms with Crippen LogP contribution < -0.4 is 14.8 Å². The minimum absolute atomic E-state index is 0.0129. The number of carbonyl (C=O) groups excluding carboxylic acids is 3. The molecule has 0 atom stereocenters. The fourth-order valence-corrected chi connectivity index (χ4v) is 3.43. The molecule has 1 aliphatic rings. The molecule has 0 aliphatic carbocycles. The second-order valence-corrected chi connectivity index (χ2v) is 7.31. The van der Waals surface area contributed by atoms with Crippen LogP contribution in [0, 0.1) is 0 Å². The number of carbonyl (C=O) groups is 3. The van der Waals surface area contributed by atoms with Crippen molar-refractivity contribution in [1.82, 2.24) is 10.2 Å². The Morgan fingerprint density at radius 2 is 1.74 bits per heavy atom. The number of nitrogens with one attached hydrogen (secondary N) is 1. The summed E-state index contributed by atoms with van der Waals surface area (Å²) < 4.78 is 10.2. The minimum atomic E-state index is -0.429. The molecule has 0 spiro atoms. The normalized spacial score (nSPS) is 14.3. The summed E-state index contributed by atoms with van der Waals surface area (Å²) in [5, 5.41) is 3.00. The van der Waals surface area contributed by atoms with Gasteiger partial charge in [0.2, 0.25) is 5.91 Å². The number of ether oxygens (including phenoxy) is 2. The largest absolute Gasteiger partial charge is 0.497 e. The molecule has 0 bridgehead atoms. The molecule has 7 nitrogen and oxygen atoms in total. The van der Waals surface area contributed by atoms with E-state index in [2.05, 4.69) is 5.32 Å². The molecule has 162 valence electrons. The van der Waals surface area contributed by atoms with Crippen molar-refractivity contribution in [2.45, 2.75) is 25.8 Å². The number of benzene rings is 2. The molecule has 0 aromatic heterocycles. The number of hydrogen-bond donors (Lipinski definition) is 1. The van der Waals surface area contributed by atoms with Crippen LogP contribution in [0.2, 0.25) is 0 Å². The van der Waals surface area contributed by atoms with Crippen LogP contribution in [-0.2, 0) is 9.59 Å². The van der Waals surface area contributed by atoms with Crippen LogP contribution >= 0.6 is 0 Å². The van der Waals surface area contributed by atoms with Crippen LogP contribution in [0.15, 0.2) is 54.6 Å². The average Bonchev–Trinajstić information content (AvgIpc) is 2.77. The van der Waals surface area contributed by atoms with Crippen LogP contribution in [-0.4, -0.2) is 48.9 Å². The van der Waals surface area contributed by atoms with E-state index in [4.69, 9.17) is 9.47 Å². The predicted octanol–water partition coefficient (Wildman–Crippen LogP) is 3.05. The Labute approximate surface area is 181 Å². The molecule has 1 heterocycles. The van der Waals surface area contributed by atoms with E-state index in [-0.39, 0.29) is 17.9 Å². The monoisotopic (exact) mass is 422 g/mol. The second-order valence-electron chi connectivity index (χ2n) is 7.31. The number of amides is 2. The topological polar surface area (TPSA) is 84.9 Å². The van der Waals surface area contributed by atoms with Gasteiger partial charge in [-0.15, -0.1) is 0 Å². The first kappa shape index (κ1) is 22.1. The fraction of sp³-hybridized carbons (Fsp3) is 0.292. The molecule has 1 saturated heterocycles. The van der Waals surface area contributed by atoms with E-state index in [1.807, 2.05) is 24.3 Å². The summed E-state index contributed by atoms with van der Waals surface area (Å²) in [6.07, 6.45) is 4.60. The zero-order chi connectivity index (χ0) is 22.2. The van der Waals surface area contributed by atoms with Gasteiger partial charge in [0.05, 0.1) is 7.11 Å². The Bertz CT molecular complexity index is 977. The highest BCUT2D eigenvalue weighted by atomic mass is 16.5. The van der Waals surface area contributed by atoms with E-state index in [1.165, 1.54) is 13.0 Å². The highest BCUT2D eigenvalue weighted by Crippen LogP contribution is 2.18. The van der Waals surface area contributed by atoms with Gasteiger partial charge in [-0.25, -0.2) is 0 Å².